The van der Waals surface area contributed by atoms with Gasteiger partial charge in [0.25, 0.3) is 15.9 Å². The van der Waals surface area contributed by atoms with Gasteiger partial charge in [-0.1, -0.05) is 18.1 Å². The SMILES string of the molecule is Cn1cc(S(=O)(=O)Nc2nn(C)c3c(-c4ccc(C#CC(C)(C)O)nc4C(Cc4cc(F)cc(F)c4)NC(=O)Cn4nc(C(F)(F)F)c5c4C(F)(F)CC5)cccc23)cn1. The molecular weight excluding hydrogens is 824 g/mol. The molecule has 0 saturated heterocycles. The van der Waals surface area contributed by atoms with Gasteiger partial charge in [-0.15, -0.1) is 0 Å². The summed E-state index contributed by atoms with van der Waals surface area (Å²) >= 11 is 0. The third-order valence-electron chi connectivity index (χ3n) is 9.47. The van der Waals surface area contributed by atoms with Crippen molar-refractivity contribution in [2.75, 3.05) is 4.72 Å². The van der Waals surface area contributed by atoms with Gasteiger partial charge in [-0.2, -0.15) is 37.2 Å². The lowest BCUT2D eigenvalue weighted by molar-refractivity contribution is -0.142. The molecule has 314 valence electrons. The highest BCUT2D eigenvalue weighted by molar-refractivity contribution is 7.92. The molecule has 13 nitrogen and oxygen atoms in total. The Hall–Kier alpha value is -6.27. The molecule has 3 N–H and O–H groups in total. The van der Waals surface area contributed by atoms with E-state index in [1.165, 1.54) is 42.5 Å². The molecule has 1 atom stereocenters. The summed E-state index contributed by atoms with van der Waals surface area (Å²) in [6.07, 6.45) is -4.59. The Morgan fingerprint density at radius 3 is 2.40 bits per heavy atom. The Balaban J connectivity index is 1.37. The summed E-state index contributed by atoms with van der Waals surface area (Å²) in [6.45, 7) is 1.73. The predicted molar refractivity (Wildman–Crippen MR) is 202 cm³/mol. The van der Waals surface area contributed by atoms with E-state index in [1.54, 1.807) is 31.3 Å². The van der Waals surface area contributed by atoms with Gasteiger partial charge in [0, 0.05) is 54.9 Å². The number of halogens is 7. The van der Waals surface area contributed by atoms with E-state index in [0.29, 0.717) is 27.2 Å². The van der Waals surface area contributed by atoms with Gasteiger partial charge in [-0.3, -0.25) is 23.6 Å². The zero-order valence-electron chi connectivity index (χ0n) is 32.0. The van der Waals surface area contributed by atoms with E-state index in [1.807, 2.05) is 0 Å². The highest BCUT2D eigenvalue weighted by atomic mass is 32.2. The van der Waals surface area contributed by atoms with Gasteiger partial charge in [0.1, 0.15) is 40.1 Å². The zero-order chi connectivity index (χ0) is 43.5. The normalized spacial score (nSPS) is 14.5. The number of rotatable bonds is 10. The first-order valence-electron chi connectivity index (χ1n) is 18.0. The number of alkyl halides is 5. The van der Waals surface area contributed by atoms with Crippen LogP contribution >= 0.6 is 0 Å². The van der Waals surface area contributed by atoms with Gasteiger partial charge in [0.2, 0.25) is 5.91 Å². The van der Waals surface area contributed by atoms with E-state index in [-0.39, 0.29) is 33.2 Å². The molecule has 0 saturated carbocycles. The summed E-state index contributed by atoms with van der Waals surface area (Å²) < 4.78 is 133. The maximum Gasteiger partial charge on any atom is 0.435 e. The van der Waals surface area contributed by atoms with Crippen molar-refractivity contribution in [2.45, 2.75) is 68.3 Å². The van der Waals surface area contributed by atoms with Gasteiger partial charge in [-0.05, 0) is 68.5 Å². The van der Waals surface area contributed by atoms with Crippen LogP contribution in [0, 0.1) is 23.5 Å². The number of anilines is 1. The fourth-order valence-electron chi connectivity index (χ4n) is 7.05. The number of amides is 1. The fraction of sp³-hybridized carbons (Fsp3) is 0.308. The molecule has 1 amide bonds. The summed E-state index contributed by atoms with van der Waals surface area (Å²) in [5.41, 5.74) is -3.84. The molecule has 6 aromatic rings. The molecule has 1 aliphatic carbocycles. The van der Waals surface area contributed by atoms with Crippen LogP contribution in [-0.2, 0) is 60.4 Å². The Bertz CT molecular complexity index is 2830. The van der Waals surface area contributed by atoms with Crippen molar-refractivity contribution in [2.24, 2.45) is 14.1 Å². The van der Waals surface area contributed by atoms with E-state index in [4.69, 9.17) is 0 Å². The van der Waals surface area contributed by atoms with Crippen LogP contribution in [0.1, 0.15) is 60.2 Å². The van der Waals surface area contributed by atoms with Gasteiger partial charge >= 0.3 is 6.18 Å². The third-order valence-corrected chi connectivity index (χ3v) is 10.8. The highest BCUT2D eigenvalue weighted by Crippen LogP contribution is 2.46. The highest BCUT2D eigenvalue weighted by Gasteiger charge is 2.50. The number of aryl methyl sites for hydroxylation is 2. The van der Waals surface area contributed by atoms with Crippen molar-refractivity contribution in [3.05, 3.63) is 106 Å². The Morgan fingerprint density at radius 2 is 1.75 bits per heavy atom. The smallest absolute Gasteiger partial charge is 0.378 e. The van der Waals surface area contributed by atoms with Crippen LogP contribution in [-0.4, -0.2) is 59.4 Å². The fourth-order valence-corrected chi connectivity index (χ4v) is 8.05. The number of aromatic nitrogens is 7. The number of benzene rings is 2. The molecule has 7 rings (SSSR count). The van der Waals surface area contributed by atoms with Gasteiger partial charge in [-0.25, -0.2) is 22.2 Å². The number of pyridine rings is 1. The number of hydrogen-bond acceptors (Lipinski definition) is 8. The zero-order valence-corrected chi connectivity index (χ0v) is 32.9. The lowest BCUT2D eigenvalue weighted by Crippen LogP contribution is -2.35. The lowest BCUT2D eigenvalue weighted by atomic mass is 9.93. The van der Waals surface area contributed by atoms with Crippen LogP contribution in [0.3, 0.4) is 0 Å². The molecular formula is C39H34F7N9O4S. The molecule has 60 heavy (non-hydrogen) atoms. The van der Waals surface area contributed by atoms with E-state index in [9.17, 15) is 40.3 Å². The first kappa shape index (κ1) is 41.9. The van der Waals surface area contributed by atoms with Crippen LogP contribution in [0.15, 0.2) is 65.8 Å². The van der Waals surface area contributed by atoms with Crippen molar-refractivity contribution >= 4 is 32.7 Å². The summed E-state index contributed by atoms with van der Waals surface area (Å²) in [5, 5.41) is 24.9. The van der Waals surface area contributed by atoms with Gasteiger partial charge in [0.05, 0.1) is 23.4 Å². The van der Waals surface area contributed by atoms with Gasteiger partial charge in [0.15, 0.2) is 11.5 Å². The number of carbonyl (C=O) groups excluding carboxylic acids is 1. The second-order valence-corrected chi connectivity index (χ2v) is 16.4. The molecule has 0 fully saturated rings. The average Bonchev–Trinajstić information content (AvgIpc) is 3.90. The number of para-hydroxylation sites is 1. The van der Waals surface area contributed by atoms with E-state index in [0.717, 1.165) is 18.3 Å². The molecule has 1 unspecified atom stereocenters. The molecule has 1 aliphatic rings. The van der Waals surface area contributed by atoms with Crippen molar-refractivity contribution < 1.29 is 49.1 Å². The topological polar surface area (TPSA) is 162 Å². The first-order chi connectivity index (χ1) is 28.0. The second kappa shape index (κ2) is 15.1. The average molecular weight is 858 g/mol. The molecule has 4 heterocycles. The summed E-state index contributed by atoms with van der Waals surface area (Å²) in [7, 11) is -1.10. The number of carbonyl (C=O) groups is 1. The quantitative estimate of drug-likeness (QED) is 0.113. The van der Waals surface area contributed by atoms with Crippen molar-refractivity contribution in [3.8, 4) is 23.0 Å². The van der Waals surface area contributed by atoms with E-state index in [2.05, 4.69) is 42.2 Å². The van der Waals surface area contributed by atoms with Crippen LogP contribution in [0.2, 0.25) is 0 Å². The minimum absolute atomic E-state index is 0.00441. The Labute approximate surface area is 337 Å². The van der Waals surface area contributed by atoms with Crippen LogP contribution in [0.4, 0.5) is 36.6 Å². The van der Waals surface area contributed by atoms with Crippen LogP contribution in [0.5, 0.6) is 0 Å². The number of hydrogen-bond donors (Lipinski definition) is 3. The summed E-state index contributed by atoms with van der Waals surface area (Å²) in [5.74, 6) is -1.48. The first-order valence-corrected chi connectivity index (χ1v) is 19.5. The van der Waals surface area contributed by atoms with E-state index < -0.39 is 94.1 Å². The maximum atomic E-state index is 15.0. The Kier molecular flexibility index (Phi) is 10.5. The lowest BCUT2D eigenvalue weighted by Gasteiger charge is -2.23. The van der Waals surface area contributed by atoms with Crippen molar-refractivity contribution in [1.29, 1.82) is 0 Å². The van der Waals surface area contributed by atoms with E-state index >= 15 is 8.78 Å². The molecule has 0 spiro atoms. The van der Waals surface area contributed by atoms with Crippen LogP contribution < -0.4 is 10.0 Å². The predicted octanol–water partition coefficient (Wildman–Crippen LogP) is 5.92. The minimum atomic E-state index is -5.09. The minimum Gasteiger partial charge on any atom is -0.378 e. The second-order valence-electron chi connectivity index (χ2n) is 14.7. The number of aliphatic hydroxyl groups is 1. The number of nitrogens with zero attached hydrogens (tertiary/aromatic N) is 7. The number of nitrogens with one attached hydrogen (secondary N) is 2. The molecule has 2 aromatic carbocycles. The standard InChI is InChI=1S/C39H34F7N9O4S/c1-37(2,57)12-10-24-8-9-26(27-6-5-7-28-33(27)54(4)51-36(28)52-60(58,59)25-18-47-53(3)19-25)32(48-24)30(16-21-14-22(40)17-23(41)15-21)49-31(56)20-55-35-29(11-13-38(35,42)43)34(50-55)39(44,45)46/h5-9,14-15,17-19,30,57H,11,13,16,20H2,1-4H3,(H,49,56)(H,51,52). The van der Waals surface area contributed by atoms with Gasteiger partial charge < -0.3 is 10.4 Å². The number of fused-ring (bicyclic) bond motifs is 2. The largest absolute Gasteiger partial charge is 0.435 e. The Morgan fingerprint density at radius 1 is 1.03 bits per heavy atom. The molecule has 0 bridgehead atoms. The monoisotopic (exact) mass is 857 g/mol. The summed E-state index contributed by atoms with van der Waals surface area (Å²) in [6, 6.07) is 9.01. The molecule has 4 aromatic heterocycles. The third kappa shape index (κ3) is 8.56. The molecule has 0 aliphatic heterocycles. The van der Waals surface area contributed by atoms with Crippen LogP contribution in [0.25, 0.3) is 22.0 Å². The van der Waals surface area contributed by atoms with Crippen molar-refractivity contribution in [1.82, 2.24) is 39.6 Å². The molecule has 0 radical (unpaired) electrons. The molecule has 21 heteroatoms. The summed E-state index contributed by atoms with van der Waals surface area (Å²) in [4.78, 5) is 18.4. The maximum absolute atomic E-state index is 15.0. The van der Waals surface area contributed by atoms with Crippen molar-refractivity contribution in [3.63, 3.8) is 0 Å². The number of sulfonamides is 1.